The number of halogens is 1. The Balaban J connectivity index is 0.00000196. The SMILES string of the molecule is CCCCCN1CCC2(c3ccccc3)CC1Cc1ccc(O)cc12.Cl. The molecule has 2 atom stereocenters. The van der Waals surface area contributed by atoms with Crippen LogP contribution in [0.1, 0.15) is 55.7 Å². The fourth-order valence-corrected chi connectivity index (χ4v) is 5.07. The van der Waals surface area contributed by atoms with Crippen molar-refractivity contribution in [1.29, 1.82) is 0 Å². The summed E-state index contributed by atoms with van der Waals surface area (Å²) in [6.07, 6.45) is 7.38. The number of likely N-dealkylation sites (tertiary alicyclic amines) is 1. The van der Waals surface area contributed by atoms with Crippen molar-refractivity contribution >= 4 is 12.4 Å². The first-order chi connectivity index (χ1) is 12.2. The van der Waals surface area contributed by atoms with Gasteiger partial charge in [0.15, 0.2) is 0 Å². The number of aromatic hydroxyl groups is 1. The minimum Gasteiger partial charge on any atom is -0.508 e. The highest BCUT2D eigenvalue weighted by Gasteiger charge is 2.46. The lowest BCUT2D eigenvalue weighted by atomic mass is 9.60. The van der Waals surface area contributed by atoms with Crippen molar-refractivity contribution in [3.8, 4) is 5.75 Å². The standard InChI is InChI=1S/C23H29NO.ClH/c1-2-3-7-13-24-14-12-23(19-8-5-4-6-9-19)17-20(24)15-18-10-11-21(25)16-22(18)23;/h4-6,8-11,16,20,25H,2-3,7,12-15,17H2,1H3;1H. The number of nitrogens with zero attached hydrogens (tertiary/aromatic N) is 1. The zero-order chi connectivity index (χ0) is 17.3. The van der Waals surface area contributed by atoms with Crippen molar-refractivity contribution in [3.05, 3.63) is 65.2 Å². The van der Waals surface area contributed by atoms with Gasteiger partial charge in [-0.15, -0.1) is 12.4 Å². The Morgan fingerprint density at radius 2 is 1.92 bits per heavy atom. The number of phenolic OH excluding ortho intramolecular Hbond substituents is 1. The minimum atomic E-state index is 0. The summed E-state index contributed by atoms with van der Waals surface area (Å²) < 4.78 is 0. The summed E-state index contributed by atoms with van der Waals surface area (Å²) in [5.74, 6) is 0.401. The predicted molar refractivity (Wildman–Crippen MR) is 110 cm³/mol. The van der Waals surface area contributed by atoms with Gasteiger partial charge in [0.25, 0.3) is 0 Å². The number of piperidine rings is 1. The Hall–Kier alpha value is -1.51. The van der Waals surface area contributed by atoms with E-state index in [1.807, 2.05) is 12.1 Å². The van der Waals surface area contributed by atoms with Crippen LogP contribution in [0.3, 0.4) is 0 Å². The fraction of sp³-hybridized carbons (Fsp3) is 0.478. The quantitative estimate of drug-likeness (QED) is 0.720. The summed E-state index contributed by atoms with van der Waals surface area (Å²) in [4.78, 5) is 2.73. The second-order valence-electron chi connectivity index (χ2n) is 7.84. The van der Waals surface area contributed by atoms with E-state index in [-0.39, 0.29) is 17.8 Å². The highest BCUT2D eigenvalue weighted by Crippen LogP contribution is 2.49. The summed E-state index contributed by atoms with van der Waals surface area (Å²) in [6.45, 7) is 4.68. The van der Waals surface area contributed by atoms with Crippen molar-refractivity contribution in [1.82, 2.24) is 4.90 Å². The second kappa shape index (κ2) is 8.02. The first kappa shape index (κ1) is 19.3. The average Bonchev–Trinajstić information content (AvgIpc) is 2.65. The molecular weight excluding hydrogens is 342 g/mol. The number of rotatable bonds is 5. The van der Waals surface area contributed by atoms with Gasteiger partial charge in [0.1, 0.15) is 5.75 Å². The summed E-state index contributed by atoms with van der Waals surface area (Å²) in [6, 6.07) is 17.7. The van der Waals surface area contributed by atoms with Crippen LogP contribution in [0.4, 0.5) is 0 Å². The van der Waals surface area contributed by atoms with Gasteiger partial charge >= 0.3 is 0 Å². The largest absolute Gasteiger partial charge is 0.508 e. The third-order valence-electron chi connectivity index (χ3n) is 6.37. The number of hydrogen-bond acceptors (Lipinski definition) is 2. The normalized spacial score (nSPS) is 24.6. The molecule has 2 aromatic carbocycles. The van der Waals surface area contributed by atoms with Gasteiger partial charge in [-0.2, -0.15) is 0 Å². The molecule has 0 radical (unpaired) electrons. The van der Waals surface area contributed by atoms with Gasteiger partial charge in [-0.1, -0.05) is 56.2 Å². The summed E-state index contributed by atoms with van der Waals surface area (Å²) >= 11 is 0. The van der Waals surface area contributed by atoms with Gasteiger partial charge in [0, 0.05) is 11.5 Å². The topological polar surface area (TPSA) is 23.5 Å². The van der Waals surface area contributed by atoms with E-state index in [0.29, 0.717) is 11.8 Å². The molecule has 2 unspecified atom stereocenters. The Kier molecular flexibility index (Phi) is 5.94. The first-order valence-electron chi connectivity index (χ1n) is 9.85. The molecule has 0 saturated carbocycles. The molecule has 1 N–H and O–H groups in total. The van der Waals surface area contributed by atoms with E-state index >= 15 is 0 Å². The molecule has 0 aromatic heterocycles. The summed E-state index contributed by atoms with van der Waals surface area (Å²) in [5.41, 5.74) is 4.28. The molecule has 1 fully saturated rings. The van der Waals surface area contributed by atoms with Gasteiger partial charge in [-0.05, 0) is 67.6 Å². The van der Waals surface area contributed by atoms with Crippen LogP contribution >= 0.6 is 12.4 Å². The maximum Gasteiger partial charge on any atom is 0.115 e. The zero-order valence-corrected chi connectivity index (χ0v) is 16.5. The van der Waals surface area contributed by atoms with Crippen LogP contribution in [-0.4, -0.2) is 29.1 Å². The molecule has 0 spiro atoms. The zero-order valence-electron chi connectivity index (χ0n) is 15.7. The Bertz CT molecular complexity index is 732. The summed E-state index contributed by atoms with van der Waals surface area (Å²) in [7, 11) is 0. The van der Waals surface area contributed by atoms with Crippen LogP contribution in [0.25, 0.3) is 0 Å². The molecule has 140 valence electrons. The molecule has 1 saturated heterocycles. The van der Waals surface area contributed by atoms with Crippen LogP contribution < -0.4 is 0 Å². The molecule has 2 aliphatic rings. The van der Waals surface area contributed by atoms with Crippen LogP contribution in [0.5, 0.6) is 5.75 Å². The Morgan fingerprint density at radius 3 is 2.69 bits per heavy atom. The van der Waals surface area contributed by atoms with E-state index in [0.717, 1.165) is 12.8 Å². The first-order valence-corrected chi connectivity index (χ1v) is 9.85. The molecule has 4 rings (SSSR count). The number of hydrogen-bond donors (Lipinski definition) is 1. The molecule has 1 heterocycles. The van der Waals surface area contributed by atoms with E-state index in [1.54, 1.807) is 0 Å². The smallest absolute Gasteiger partial charge is 0.115 e. The minimum absolute atomic E-state index is 0. The molecule has 2 nitrogen and oxygen atoms in total. The van der Waals surface area contributed by atoms with E-state index in [4.69, 9.17) is 0 Å². The molecule has 1 aliphatic carbocycles. The van der Waals surface area contributed by atoms with Crippen molar-refractivity contribution < 1.29 is 5.11 Å². The van der Waals surface area contributed by atoms with E-state index in [9.17, 15) is 5.11 Å². The lowest BCUT2D eigenvalue weighted by Gasteiger charge is -2.52. The van der Waals surface area contributed by atoms with Crippen LogP contribution in [-0.2, 0) is 11.8 Å². The van der Waals surface area contributed by atoms with E-state index in [1.165, 1.54) is 55.5 Å². The third-order valence-corrected chi connectivity index (χ3v) is 6.37. The van der Waals surface area contributed by atoms with Gasteiger partial charge in [0.2, 0.25) is 0 Å². The Labute approximate surface area is 163 Å². The second-order valence-corrected chi connectivity index (χ2v) is 7.84. The number of benzene rings is 2. The maximum atomic E-state index is 10.1. The van der Waals surface area contributed by atoms with E-state index in [2.05, 4.69) is 48.2 Å². The highest BCUT2D eigenvalue weighted by atomic mass is 35.5. The van der Waals surface area contributed by atoms with Crippen LogP contribution in [0, 0.1) is 0 Å². The van der Waals surface area contributed by atoms with Gasteiger partial charge in [-0.3, -0.25) is 4.90 Å². The van der Waals surface area contributed by atoms with Crippen molar-refractivity contribution in [3.63, 3.8) is 0 Å². The fourth-order valence-electron chi connectivity index (χ4n) is 5.07. The lowest BCUT2D eigenvalue weighted by molar-refractivity contribution is 0.0940. The predicted octanol–water partition coefficient (Wildman–Crippen LogP) is 5.31. The molecule has 0 amide bonds. The van der Waals surface area contributed by atoms with Gasteiger partial charge in [-0.25, -0.2) is 0 Å². The molecule has 26 heavy (non-hydrogen) atoms. The maximum absolute atomic E-state index is 10.1. The van der Waals surface area contributed by atoms with E-state index < -0.39 is 0 Å². The highest BCUT2D eigenvalue weighted by molar-refractivity contribution is 5.85. The number of unbranched alkanes of at least 4 members (excludes halogenated alkanes) is 2. The summed E-state index contributed by atoms with van der Waals surface area (Å²) in [5, 5.41) is 10.1. The molecule has 3 heteroatoms. The van der Waals surface area contributed by atoms with Crippen LogP contribution in [0.2, 0.25) is 0 Å². The monoisotopic (exact) mass is 371 g/mol. The lowest BCUT2D eigenvalue weighted by Crippen LogP contribution is -2.53. The van der Waals surface area contributed by atoms with Crippen molar-refractivity contribution in [2.75, 3.05) is 13.1 Å². The van der Waals surface area contributed by atoms with Gasteiger partial charge < -0.3 is 5.11 Å². The third kappa shape index (κ3) is 3.37. The van der Waals surface area contributed by atoms with Crippen LogP contribution in [0.15, 0.2) is 48.5 Å². The molecular formula is C23H30ClNO. The number of fused-ring (bicyclic) bond motifs is 4. The van der Waals surface area contributed by atoms with Crippen molar-refractivity contribution in [2.45, 2.75) is 56.9 Å². The van der Waals surface area contributed by atoms with Gasteiger partial charge in [0.05, 0.1) is 0 Å². The molecule has 2 aromatic rings. The average molecular weight is 372 g/mol. The Morgan fingerprint density at radius 1 is 1.12 bits per heavy atom. The van der Waals surface area contributed by atoms with Crippen molar-refractivity contribution in [2.24, 2.45) is 0 Å². The number of phenols is 1. The molecule has 1 aliphatic heterocycles. The molecule has 2 bridgehead atoms.